The zero-order valence-electron chi connectivity index (χ0n) is 9.80. The Hall–Kier alpha value is -2.04. The van der Waals surface area contributed by atoms with Crippen LogP contribution in [0.2, 0.25) is 0 Å². The van der Waals surface area contributed by atoms with Gasteiger partial charge >= 0.3 is 12.1 Å². The highest BCUT2D eigenvalue weighted by Crippen LogP contribution is 2.00. The zero-order chi connectivity index (χ0) is 12.7. The highest BCUT2D eigenvalue weighted by atomic mass is 16.6. The van der Waals surface area contributed by atoms with Gasteiger partial charge in [0.1, 0.15) is 12.6 Å². The van der Waals surface area contributed by atoms with Gasteiger partial charge in [-0.2, -0.15) is 0 Å². The lowest BCUT2D eigenvalue weighted by molar-refractivity contribution is -0.142. The predicted molar refractivity (Wildman–Crippen MR) is 61.2 cm³/mol. The third-order valence-corrected chi connectivity index (χ3v) is 2.10. The second-order valence-corrected chi connectivity index (χ2v) is 3.45. The SMILES string of the molecule is COC(=O)C(C)NC(=O)OCc1ccccc1. The first-order chi connectivity index (χ1) is 8.13. The molecule has 0 fully saturated rings. The fourth-order valence-corrected chi connectivity index (χ4v) is 1.18. The molecule has 5 heteroatoms. The van der Waals surface area contributed by atoms with Crippen LogP contribution in [0.15, 0.2) is 30.3 Å². The van der Waals surface area contributed by atoms with E-state index in [1.54, 1.807) is 0 Å². The van der Waals surface area contributed by atoms with E-state index in [1.807, 2.05) is 30.3 Å². The summed E-state index contributed by atoms with van der Waals surface area (Å²) in [5, 5.41) is 2.37. The fraction of sp³-hybridized carbons (Fsp3) is 0.333. The van der Waals surface area contributed by atoms with Gasteiger partial charge in [-0.25, -0.2) is 9.59 Å². The first kappa shape index (κ1) is 13.0. The molecule has 0 aliphatic rings. The van der Waals surface area contributed by atoms with Gasteiger partial charge in [-0.3, -0.25) is 0 Å². The van der Waals surface area contributed by atoms with Gasteiger partial charge in [0.15, 0.2) is 0 Å². The Kier molecular flexibility index (Phi) is 5.00. The van der Waals surface area contributed by atoms with Crippen LogP contribution in [0.5, 0.6) is 0 Å². The third kappa shape index (κ3) is 4.55. The fourth-order valence-electron chi connectivity index (χ4n) is 1.18. The van der Waals surface area contributed by atoms with E-state index in [-0.39, 0.29) is 6.61 Å². The van der Waals surface area contributed by atoms with Crippen molar-refractivity contribution < 1.29 is 19.1 Å². The number of hydrogen-bond donors (Lipinski definition) is 1. The van der Waals surface area contributed by atoms with Crippen molar-refractivity contribution in [1.29, 1.82) is 0 Å². The average molecular weight is 237 g/mol. The van der Waals surface area contributed by atoms with Crippen LogP contribution in [0, 0.1) is 0 Å². The third-order valence-electron chi connectivity index (χ3n) is 2.10. The van der Waals surface area contributed by atoms with E-state index in [2.05, 4.69) is 10.1 Å². The largest absolute Gasteiger partial charge is 0.467 e. The van der Waals surface area contributed by atoms with Crippen LogP contribution in [-0.2, 0) is 20.9 Å². The standard InChI is InChI=1S/C12H15NO4/c1-9(11(14)16-2)13-12(15)17-8-10-6-4-3-5-7-10/h3-7,9H,8H2,1-2H3,(H,13,15). The number of hydrogen-bond acceptors (Lipinski definition) is 4. The first-order valence-electron chi connectivity index (χ1n) is 5.18. The Bertz CT molecular complexity index is 377. The molecule has 0 saturated heterocycles. The lowest BCUT2D eigenvalue weighted by Gasteiger charge is -2.11. The van der Waals surface area contributed by atoms with Crippen molar-refractivity contribution in [3.8, 4) is 0 Å². The minimum atomic E-state index is -0.719. The smallest absolute Gasteiger partial charge is 0.408 e. The summed E-state index contributed by atoms with van der Waals surface area (Å²) in [5.41, 5.74) is 0.883. The zero-order valence-corrected chi connectivity index (χ0v) is 9.80. The molecule has 0 bridgehead atoms. The molecule has 1 aromatic carbocycles. The molecule has 0 heterocycles. The van der Waals surface area contributed by atoms with Gasteiger partial charge in [-0.15, -0.1) is 0 Å². The summed E-state index contributed by atoms with van der Waals surface area (Å²) >= 11 is 0. The highest BCUT2D eigenvalue weighted by molar-refractivity contribution is 5.80. The Morgan fingerprint density at radius 1 is 1.29 bits per heavy atom. The Balaban J connectivity index is 2.33. The number of methoxy groups -OCH3 is 1. The molecule has 0 aromatic heterocycles. The topological polar surface area (TPSA) is 64.6 Å². The van der Waals surface area contributed by atoms with E-state index in [4.69, 9.17) is 4.74 Å². The molecular weight excluding hydrogens is 222 g/mol. The molecule has 1 N–H and O–H groups in total. The maximum absolute atomic E-state index is 11.3. The molecule has 5 nitrogen and oxygen atoms in total. The van der Waals surface area contributed by atoms with E-state index < -0.39 is 18.1 Å². The van der Waals surface area contributed by atoms with Crippen molar-refractivity contribution in [3.63, 3.8) is 0 Å². The van der Waals surface area contributed by atoms with Gasteiger partial charge in [0, 0.05) is 0 Å². The quantitative estimate of drug-likeness (QED) is 0.805. The van der Waals surface area contributed by atoms with Crippen molar-refractivity contribution in [3.05, 3.63) is 35.9 Å². The van der Waals surface area contributed by atoms with Crippen LogP contribution in [0.3, 0.4) is 0 Å². The Morgan fingerprint density at radius 3 is 2.53 bits per heavy atom. The predicted octanol–water partition coefficient (Wildman–Crippen LogP) is 1.47. The Labute approximate surface area is 99.7 Å². The van der Waals surface area contributed by atoms with Crippen LogP contribution in [0.4, 0.5) is 4.79 Å². The molecular formula is C12H15NO4. The van der Waals surface area contributed by atoms with Crippen LogP contribution < -0.4 is 5.32 Å². The lowest BCUT2D eigenvalue weighted by Crippen LogP contribution is -2.39. The molecule has 0 saturated carbocycles. The van der Waals surface area contributed by atoms with Gasteiger partial charge in [-0.05, 0) is 12.5 Å². The maximum Gasteiger partial charge on any atom is 0.408 e. The van der Waals surface area contributed by atoms with Crippen molar-refractivity contribution in [2.24, 2.45) is 0 Å². The molecule has 17 heavy (non-hydrogen) atoms. The Morgan fingerprint density at radius 2 is 1.94 bits per heavy atom. The van der Waals surface area contributed by atoms with Crippen molar-refractivity contribution >= 4 is 12.1 Å². The molecule has 1 unspecified atom stereocenters. The summed E-state index contributed by atoms with van der Waals surface area (Å²) in [6.07, 6.45) is -0.647. The monoisotopic (exact) mass is 237 g/mol. The van der Waals surface area contributed by atoms with Crippen LogP contribution in [0.1, 0.15) is 12.5 Å². The summed E-state index contributed by atoms with van der Waals surface area (Å²) in [6, 6.07) is 8.56. The number of carbonyl (C=O) groups is 2. The number of alkyl carbamates (subject to hydrolysis) is 1. The van der Waals surface area contributed by atoms with Crippen molar-refractivity contribution in [1.82, 2.24) is 5.32 Å². The number of esters is 1. The number of amides is 1. The molecule has 1 atom stereocenters. The lowest BCUT2D eigenvalue weighted by atomic mass is 10.2. The van der Waals surface area contributed by atoms with E-state index in [0.717, 1.165) is 5.56 Å². The molecule has 92 valence electrons. The molecule has 1 amide bonds. The average Bonchev–Trinajstić information content (AvgIpc) is 2.36. The number of ether oxygens (including phenoxy) is 2. The van der Waals surface area contributed by atoms with Crippen molar-refractivity contribution in [2.75, 3.05) is 7.11 Å². The number of rotatable bonds is 4. The van der Waals surface area contributed by atoms with Gasteiger partial charge in [0.2, 0.25) is 0 Å². The first-order valence-corrected chi connectivity index (χ1v) is 5.18. The van der Waals surface area contributed by atoms with Crippen LogP contribution in [-0.4, -0.2) is 25.2 Å². The summed E-state index contributed by atoms with van der Waals surface area (Å²) in [7, 11) is 1.26. The number of benzene rings is 1. The minimum Gasteiger partial charge on any atom is -0.467 e. The molecule has 1 rings (SSSR count). The highest BCUT2D eigenvalue weighted by Gasteiger charge is 2.16. The molecule has 0 radical (unpaired) electrons. The summed E-state index contributed by atoms with van der Waals surface area (Å²) in [4.78, 5) is 22.3. The summed E-state index contributed by atoms with van der Waals surface area (Å²) < 4.78 is 9.40. The van der Waals surface area contributed by atoms with Gasteiger partial charge in [0.25, 0.3) is 0 Å². The molecule has 0 aliphatic carbocycles. The second-order valence-electron chi connectivity index (χ2n) is 3.45. The van der Waals surface area contributed by atoms with Gasteiger partial charge in [0.05, 0.1) is 7.11 Å². The van der Waals surface area contributed by atoms with Crippen molar-refractivity contribution in [2.45, 2.75) is 19.6 Å². The van der Waals surface area contributed by atoms with E-state index in [1.165, 1.54) is 14.0 Å². The van der Waals surface area contributed by atoms with Gasteiger partial charge in [-0.1, -0.05) is 30.3 Å². The second kappa shape index (κ2) is 6.52. The van der Waals surface area contributed by atoms with E-state index in [9.17, 15) is 9.59 Å². The molecule has 0 spiro atoms. The van der Waals surface area contributed by atoms with Crippen LogP contribution >= 0.6 is 0 Å². The van der Waals surface area contributed by atoms with E-state index >= 15 is 0 Å². The van der Waals surface area contributed by atoms with Gasteiger partial charge < -0.3 is 14.8 Å². The minimum absolute atomic E-state index is 0.167. The summed E-state index contributed by atoms with van der Waals surface area (Å²) in [5.74, 6) is -0.512. The van der Waals surface area contributed by atoms with Crippen LogP contribution in [0.25, 0.3) is 0 Å². The molecule has 1 aromatic rings. The molecule has 0 aliphatic heterocycles. The number of nitrogens with one attached hydrogen (secondary N) is 1. The maximum atomic E-state index is 11.3. The normalized spacial score (nSPS) is 11.4. The van der Waals surface area contributed by atoms with E-state index in [0.29, 0.717) is 0 Å². The number of carbonyl (C=O) groups excluding carboxylic acids is 2. The summed E-state index contributed by atoms with van der Waals surface area (Å²) in [6.45, 7) is 1.69.